The van der Waals surface area contributed by atoms with Crippen molar-refractivity contribution in [3.05, 3.63) is 58.9 Å². The zero-order chi connectivity index (χ0) is 25.7. The van der Waals surface area contributed by atoms with E-state index in [0.717, 1.165) is 47.4 Å². The molecule has 6 rings (SSSR count). The van der Waals surface area contributed by atoms with Gasteiger partial charge in [0.05, 0.1) is 12.2 Å². The summed E-state index contributed by atoms with van der Waals surface area (Å²) in [6, 6.07) is 8.87. The van der Waals surface area contributed by atoms with Crippen LogP contribution >= 0.6 is 0 Å². The van der Waals surface area contributed by atoms with E-state index in [4.69, 9.17) is 4.74 Å². The Morgan fingerprint density at radius 3 is 2.76 bits per heavy atom. The van der Waals surface area contributed by atoms with Gasteiger partial charge in [-0.1, -0.05) is 12.1 Å². The Kier molecular flexibility index (Phi) is 5.62. The minimum Gasteiger partial charge on any atom is -0.427 e. The highest BCUT2D eigenvalue weighted by Crippen LogP contribution is 2.46. The molecular weight excluding hydrogens is 474 g/mol. The van der Waals surface area contributed by atoms with Crippen LogP contribution in [0.4, 0.5) is 15.3 Å². The van der Waals surface area contributed by atoms with E-state index in [0.29, 0.717) is 36.6 Å². The number of nitrogens with one attached hydrogen (secondary N) is 2. The van der Waals surface area contributed by atoms with Gasteiger partial charge in [-0.05, 0) is 67.3 Å². The van der Waals surface area contributed by atoms with E-state index in [1.165, 1.54) is 7.05 Å². The first-order chi connectivity index (χ1) is 17.9. The number of fused-ring (bicyclic) bond motifs is 3. The minimum absolute atomic E-state index is 0.0721. The van der Waals surface area contributed by atoms with Crippen molar-refractivity contribution >= 4 is 29.6 Å². The van der Waals surface area contributed by atoms with Crippen molar-refractivity contribution in [1.82, 2.24) is 20.1 Å². The van der Waals surface area contributed by atoms with E-state index in [2.05, 4.69) is 21.7 Å². The van der Waals surface area contributed by atoms with Crippen LogP contribution in [0.5, 0.6) is 0 Å². The van der Waals surface area contributed by atoms with Crippen LogP contribution in [0.2, 0.25) is 0 Å². The highest BCUT2D eigenvalue weighted by atomic mass is 16.6. The summed E-state index contributed by atoms with van der Waals surface area (Å²) in [4.78, 5) is 59.2. The number of nitrogens with zero attached hydrogens (tertiary/aromatic N) is 3. The van der Waals surface area contributed by atoms with Crippen molar-refractivity contribution in [2.24, 2.45) is 5.92 Å². The van der Waals surface area contributed by atoms with Gasteiger partial charge in [0.2, 0.25) is 11.5 Å². The normalized spacial score (nSPS) is 24.4. The van der Waals surface area contributed by atoms with Crippen LogP contribution in [-0.4, -0.2) is 58.4 Å². The SMILES string of the molecule is CNC(=O)Nc1ccc2c(c1)CC[C@]21OC(=O)N(CC(=O)N2Cc3ncccc3CC[C@H]2C2CC2)C1=O. The van der Waals surface area contributed by atoms with Gasteiger partial charge in [0.25, 0.3) is 5.91 Å². The predicted octanol–water partition coefficient (Wildman–Crippen LogP) is 2.71. The molecule has 10 heteroatoms. The third-order valence-electron chi connectivity index (χ3n) is 8.04. The van der Waals surface area contributed by atoms with Crippen molar-refractivity contribution in [3.63, 3.8) is 0 Å². The Morgan fingerprint density at radius 1 is 1.14 bits per heavy atom. The number of aromatic nitrogens is 1. The lowest BCUT2D eigenvalue weighted by molar-refractivity contribution is -0.143. The van der Waals surface area contributed by atoms with E-state index in [9.17, 15) is 19.2 Å². The molecule has 1 saturated carbocycles. The molecule has 0 unspecified atom stereocenters. The maximum atomic E-state index is 13.6. The number of hydrogen-bond donors (Lipinski definition) is 2. The Balaban J connectivity index is 1.23. The minimum atomic E-state index is -1.43. The van der Waals surface area contributed by atoms with Crippen LogP contribution in [0.15, 0.2) is 36.5 Å². The van der Waals surface area contributed by atoms with Gasteiger partial charge in [0.15, 0.2) is 0 Å². The molecule has 1 saturated heterocycles. The van der Waals surface area contributed by atoms with Gasteiger partial charge in [-0.15, -0.1) is 0 Å². The second-order valence-corrected chi connectivity index (χ2v) is 10.2. The number of imide groups is 1. The van der Waals surface area contributed by atoms with Crippen molar-refractivity contribution in [3.8, 4) is 0 Å². The van der Waals surface area contributed by atoms with E-state index >= 15 is 0 Å². The summed E-state index contributed by atoms with van der Waals surface area (Å²) in [6.45, 7) is 0.0266. The lowest BCUT2D eigenvalue weighted by atomic mass is 9.94. The zero-order valence-electron chi connectivity index (χ0n) is 20.7. The maximum Gasteiger partial charge on any atom is 0.418 e. The van der Waals surface area contributed by atoms with Gasteiger partial charge in [-0.25, -0.2) is 14.5 Å². The van der Waals surface area contributed by atoms with E-state index < -0.39 is 17.6 Å². The van der Waals surface area contributed by atoms with Crippen molar-refractivity contribution in [1.29, 1.82) is 0 Å². The first kappa shape index (κ1) is 23.4. The standard InChI is InChI=1S/C27H29N5O5/c1-28-25(35)30-19-7-8-20-18(13-19)10-11-27(20)24(34)32(26(36)37-27)15-23(33)31-14-21-16(3-2-12-29-21)6-9-22(31)17-4-5-17/h2-3,7-8,12-13,17,22H,4-6,9-11,14-15H2,1H3,(H2,28,30,35)/t22-,27-/m0/s1. The summed E-state index contributed by atoms with van der Waals surface area (Å²) in [5.41, 5.74) is 2.60. The van der Waals surface area contributed by atoms with Crippen LogP contribution in [0, 0.1) is 5.92 Å². The van der Waals surface area contributed by atoms with Gasteiger partial charge in [0, 0.05) is 37.0 Å². The number of amides is 5. The molecule has 1 aromatic carbocycles. The van der Waals surface area contributed by atoms with E-state index in [-0.39, 0.29) is 24.5 Å². The number of anilines is 1. The topological polar surface area (TPSA) is 121 Å². The zero-order valence-corrected chi connectivity index (χ0v) is 20.7. The first-order valence-electron chi connectivity index (χ1n) is 12.8. The van der Waals surface area contributed by atoms with E-state index in [1.807, 2.05) is 11.0 Å². The molecule has 2 fully saturated rings. The molecule has 192 valence electrons. The number of benzene rings is 1. The molecule has 2 aliphatic heterocycles. The number of rotatable bonds is 4. The fourth-order valence-electron chi connectivity index (χ4n) is 5.97. The number of urea groups is 1. The predicted molar refractivity (Wildman–Crippen MR) is 132 cm³/mol. The molecule has 2 aliphatic carbocycles. The van der Waals surface area contributed by atoms with Gasteiger partial charge in [-0.3, -0.25) is 14.6 Å². The Hall–Kier alpha value is -3.95. The van der Waals surface area contributed by atoms with Gasteiger partial charge in [0.1, 0.15) is 6.54 Å². The summed E-state index contributed by atoms with van der Waals surface area (Å²) in [6.07, 6.45) is 5.61. The smallest absolute Gasteiger partial charge is 0.418 e. The molecule has 1 aromatic heterocycles. The number of ether oxygens (including phenoxy) is 1. The summed E-state index contributed by atoms with van der Waals surface area (Å²) in [5.74, 6) is -0.320. The van der Waals surface area contributed by atoms with Crippen LogP contribution in [-0.2, 0) is 39.3 Å². The van der Waals surface area contributed by atoms with Crippen LogP contribution in [0.3, 0.4) is 0 Å². The highest BCUT2D eigenvalue weighted by molar-refractivity contribution is 6.06. The molecule has 37 heavy (non-hydrogen) atoms. The quantitative estimate of drug-likeness (QED) is 0.662. The highest BCUT2D eigenvalue weighted by Gasteiger charge is 2.58. The summed E-state index contributed by atoms with van der Waals surface area (Å²) in [5, 5.41) is 5.21. The largest absolute Gasteiger partial charge is 0.427 e. The van der Waals surface area contributed by atoms with Crippen molar-refractivity contribution in [2.75, 3.05) is 18.9 Å². The second-order valence-electron chi connectivity index (χ2n) is 10.2. The Morgan fingerprint density at radius 2 is 1.97 bits per heavy atom. The summed E-state index contributed by atoms with van der Waals surface area (Å²) >= 11 is 0. The number of hydrogen-bond acceptors (Lipinski definition) is 6. The number of carbonyl (C=O) groups excluding carboxylic acids is 4. The molecule has 2 N–H and O–H groups in total. The Bertz CT molecular complexity index is 1310. The van der Waals surface area contributed by atoms with Gasteiger partial charge < -0.3 is 20.3 Å². The molecule has 2 aromatic rings. The maximum absolute atomic E-state index is 13.6. The molecule has 0 radical (unpaired) electrons. The summed E-state index contributed by atoms with van der Waals surface area (Å²) in [7, 11) is 1.53. The molecule has 0 bridgehead atoms. The molecule has 3 heterocycles. The van der Waals surface area contributed by atoms with Gasteiger partial charge >= 0.3 is 12.1 Å². The molecule has 5 amide bonds. The fraction of sp³-hybridized carbons (Fsp3) is 0.444. The van der Waals surface area contributed by atoms with E-state index in [1.54, 1.807) is 24.4 Å². The molecule has 4 aliphatic rings. The van der Waals surface area contributed by atoms with Gasteiger partial charge in [-0.2, -0.15) is 0 Å². The third kappa shape index (κ3) is 4.00. The van der Waals surface area contributed by atoms with Crippen molar-refractivity contribution in [2.45, 2.75) is 56.7 Å². The molecular formula is C27H29N5O5. The number of carbonyl (C=O) groups is 4. The fourth-order valence-corrected chi connectivity index (χ4v) is 5.97. The number of aryl methyl sites for hydroxylation is 2. The van der Waals surface area contributed by atoms with Crippen molar-refractivity contribution < 1.29 is 23.9 Å². The average molecular weight is 504 g/mol. The third-order valence-corrected chi connectivity index (χ3v) is 8.04. The molecule has 10 nitrogen and oxygen atoms in total. The second kappa shape index (κ2) is 8.86. The van der Waals surface area contributed by atoms with Crippen LogP contribution in [0.1, 0.15) is 48.1 Å². The molecule has 2 atom stereocenters. The number of pyridine rings is 1. The lowest BCUT2D eigenvalue weighted by Crippen LogP contribution is -2.48. The first-order valence-corrected chi connectivity index (χ1v) is 12.8. The molecule has 1 spiro atoms. The Labute approximate surface area is 214 Å². The van der Waals surface area contributed by atoms with Crippen LogP contribution in [0.25, 0.3) is 0 Å². The monoisotopic (exact) mass is 503 g/mol. The summed E-state index contributed by atoms with van der Waals surface area (Å²) < 4.78 is 5.71. The van der Waals surface area contributed by atoms with Crippen LogP contribution < -0.4 is 10.6 Å². The lowest BCUT2D eigenvalue weighted by Gasteiger charge is -2.31. The average Bonchev–Trinajstić information content (AvgIpc) is 3.66.